The van der Waals surface area contributed by atoms with Crippen molar-refractivity contribution in [3.8, 4) is 0 Å². The molecule has 1 unspecified atom stereocenters. The van der Waals surface area contributed by atoms with Crippen molar-refractivity contribution in [2.24, 2.45) is 11.1 Å². The van der Waals surface area contributed by atoms with Gasteiger partial charge in [-0.1, -0.05) is 13.3 Å². The minimum absolute atomic E-state index is 0.0742. The average molecular weight is 196 g/mol. The van der Waals surface area contributed by atoms with Crippen molar-refractivity contribution >= 4 is 10.2 Å². The number of aliphatic hydroxyl groups excluding tert-OH is 1. The number of hydrogen-bond acceptors (Lipinski definition) is 3. The lowest BCUT2D eigenvalue weighted by Gasteiger charge is -2.12. The summed E-state index contributed by atoms with van der Waals surface area (Å²) in [6, 6.07) is 0. The third kappa shape index (κ3) is 6.53. The zero-order valence-corrected chi connectivity index (χ0v) is 7.97. The first-order valence-electron chi connectivity index (χ1n) is 3.87. The maximum absolute atomic E-state index is 10.5. The molecule has 0 bridgehead atoms. The molecule has 0 spiro atoms. The number of nitrogens with two attached hydrogens (primary N) is 1. The lowest BCUT2D eigenvalue weighted by atomic mass is 10.0. The summed E-state index contributed by atoms with van der Waals surface area (Å²) in [7, 11) is -3.58. The van der Waals surface area contributed by atoms with Crippen molar-refractivity contribution in [3.63, 3.8) is 0 Å². The van der Waals surface area contributed by atoms with Gasteiger partial charge in [0.1, 0.15) is 0 Å². The van der Waals surface area contributed by atoms with Gasteiger partial charge in [-0.05, 0) is 12.3 Å². The van der Waals surface area contributed by atoms with Crippen molar-refractivity contribution in [2.75, 3.05) is 13.2 Å². The van der Waals surface area contributed by atoms with E-state index in [1.54, 1.807) is 0 Å². The van der Waals surface area contributed by atoms with Crippen LogP contribution in [0.4, 0.5) is 0 Å². The fraction of sp³-hybridized carbons (Fsp3) is 1.00. The molecular formula is C6H16N2O3S. The predicted octanol–water partition coefficient (Wildman–Crippen LogP) is -0.812. The van der Waals surface area contributed by atoms with E-state index in [-0.39, 0.29) is 12.5 Å². The molecule has 0 saturated heterocycles. The van der Waals surface area contributed by atoms with E-state index in [2.05, 4.69) is 4.72 Å². The van der Waals surface area contributed by atoms with E-state index in [9.17, 15) is 8.42 Å². The summed E-state index contributed by atoms with van der Waals surface area (Å²) in [5.41, 5.74) is 0. The highest BCUT2D eigenvalue weighted by atomic mass is 32.2. The maximum Gasteiger partial charge on any atom is 0.274 e. The van der Waals surface area contributed by atoms with Gasteiger partial charge in [0, 0.05) is 13.2 Å². The fourth-order valence-corrected chi connectivity index (χ4v) is 1.34. The Morgan fingerprint density at radius 1 is 1.58 bits per heavy atom. The monoisotopic (exact) mass is 196 g/mol. The van der Waals surface area contributed by atoms with Crippen LogP contribution in [0.5, 0.6) is 0 Å². The van der Waals surface area contributed by atoms with Gasteiger partial charge in [-0.25, -0.2) is 9.86 Å². The normalized spacial score (nSPS) is 14.6. The van der Waals surface area contributed by atoms with E-state index in [0.29, 0.717) is 13.0 Å². The molecule has 0 fully saturated rings. The van der Waals surface area contributed by atoms with E-state index in [1.807, 2.05) is 6.92 Å². The Kier molecular flexibility index (Phi) is 5.39. The second kappa shape index (κ2) is 5.47. The second-order valence-electron chi connectivity index (χ2n) is 2.68. The molecule has 5 nitrogen and oxygen atoms in total. The number of rotatable bonds is 6. The molecule has 0 aliphatic heterocycles. The van der Waals surface area contributed by atoms with Gasteiger partial charge in [0.2, 0.25) is 0 Å². The van der Waals surface area contributed by atoms with Crippen LogP contribution in [0.2, 0.25) is 0 Å². The molecule has 0 amide bonds. The molecule has 74 valence electrons. The Hall–Kier alpha value is -0.170. The van der Waals surface area contributed by atoms with Crippen LogP contribution >= 0.6 is 0 Å². The smallest absolute Gasteiger partial charge is 0.274 e. The summed E-state index contributed by atoms with van der Waals surface area (Å²) < 4.78 is 23.1. The molecule has 0 rings (SSSR count). The standard InChI is InChI=1S/C6H16N2O3S/c1-2-6(3-4-9)5-8-12(7,10)11/h6,8-9H,2-5H2,1H3,(H2,7,10,11). The van der Waals surface area contributed by atoms with Crippen molar-refractivity contribution in [3.05, 3.63) is 0 Å². The Morgan fingerprint density at radius 3 is 2.50 bits per heavy atom. The topological polar surface area (TPSA) is 92.4 Å². The molecule has 0 radical (unpaired) electrons. The van der Waals surface area contributed by atoms with E-state index >= 15 is 0 Å². The molecule has 0 aliphatic rings. The Labute approximate surface area is 73.1 Å². The molecule has 0 aromatic heterocycles. The highest BCUT2D eigenvalue weighted by molar-refractivity contribution is 7.87. The van der Waals surface area contributed by atoms with Crippen LogP contribution in [0, 0.1) is 5.92 Å². The summed E-state index contributed by atoms with van der Waals surface area (Å²) in [6.07, 6.45) is 1.42. The van der Waals surface area contributed by atoms with Crippen LogP contribution in [0.15, 0.2) is 0 Å². The molecule has 0 aromatic rings. The van der Waals surface area contributed by atoms with Gasteiger partial charge in [-0.2, -0.15) is 8.42 Å². The Morgan fingerprint density at radius 2 is 2.17 bits per heavy atom. The van der Waals surface area contributed by atoms with Crippen molar-refractivity contribution in [1.82, 2.24) is 4.72 Å². The Bertz CT molecular complexity index is 203. The highest BCUT2D eigenvalue weighted by Gasteiger charge is 2.08. The van der Waals surface area contributed by atoms with E-state index in [1.165, 1.54) is 0 Å². The molecule has 0 heterocycles. The van der Waals surface area contributed by atoms with Crippen LogP contribution in [-0.2, 0) is 10.2 Å². The zero-order chi connectivity index (χ0) is 9.61. The maximum atomic E-state index is 10.5. The first kappa shape index (κ1) is 11.8. The number of nitrogens with one attached hydrogen (secondary N) is 1. The van der Waals surface area contributed by atoms with Crippen LogP contribution in [0.25, 0.3) is 0 Å². The largest absolute Gasteiger partial charge is 0.396 e. The molecule has 4 N–H and O–H groups in total. The Balaban J connectivity index is 3.73. The summed E-state index contributed by atoms with van der Waals surface area (Å²) in [4.78, 5) is 0. The summed E-state index contributed by atoms with van der Waals surface area (Å²) >= 11 is 0. The minimum atomic E-state index is -3.58. The predicted molar refractivity (Wildman–Crippen MR) is 46.6 cm³/mol. The van der Waals surface area contributed by atoms with Crippen LogP contribution < -0.4 is 9.86 Å². The lowest BCUT2D eigenvalue weighted by molar-refractivity contribution is 0.254. The minimum Gasteiger partial charge on any atom is -0.396 e. The molecule has 0 saturated carbocycles. The van der Waals surface area contributed by atoms with Gasteiger partial charge in [0.15, 0.2) is 0 Å². The van der Waals surface area contributed by atoms with Crippen molar-refractivity contribution in [1.29, 1.82) is 0 Å². The van der Waals surface area contributed by atoms with Gasteiger partial charge in [0.25, 0.3) is 10.2 Å². The zero-order valence-electron chi connectivity index (χ0n) is 7.16. The highest BCUT2D eigenvalue weighted by Crippen LogP contribution is 2.05. The fourth-order valence-electron chi connectivity index (χ4n) is 0.867. The second-order valence-corrected chi connectivity index (χ2v) is 4.06. The quantitative estimate of drug-likeness (QED) is 0.518. The third-order valence-corrected chi connectivity index (χ3v) is 2.26. The average Bonchev–Trinajstić information content (AvgIpc) is 1.96. The third-order valence-electron chi connectivity index (χ3n) is 1.69. The van der Waals surface area contributed by atoms with Crippen molar-refractivity contribution < 1.29 is 13.5 Å². The number of aliphatic hydroxyl groups is 1. The van der Waals surface area contributed by atoms with E-state index in [4.69, 9.17) is 10.2 Å². The van der Waals surface area contributed by atoms with Crippen LogP contribution in [-0.4, -0.2) is 26.7 Å². The molecule has 0 aromatic carbocycles. The van der Waals surface area contributed by atoms with Crippen LogP contribution in [0.3, 0.4) is 0 Å². The van der Waals surface area contributed by atoms with Gasteiger partial charge >= 0.3 is 0 Å². The van der Waals surface area contributed by atoms with Crippen LogP contribution in [0.1, 0.15) is 19.8 Å². The van der Waals surface area contributed by atoms with Gasteiger partial charge < -0.3 is 5.11 Å². The SMILES string of the molecule is CCC(CCO)CNS(N)(=O)=O. The first-order chi connectivity index (χ1) is 5.49. The molecule has 12 heavy (non-hydrogen) atoms. The summed E-state index contributed by atoms with van der Waals surface area (Å²) in [5.74, 6) is 0.160. The molecular weight excluding hydrogens is 180 g/mol. The van der Waals surface area contributed by atoms with E-state index < -0.39 is 10.2 Å². The molecule has 1 atom stereocenters. The summed E-state index contributed by atoms with van der Waals surface area (Å²) in [5, 5.41) is 13.3. The van der Waals surface area contributed by atoms with E-state index in [0.717, 1.165) is 6.42 Å². The van der Waals surface area contributed by atoms with Gasteiger partial charge in [-0.3, -0.25) is 0 Å². The van der Waals surface area contributed by atoms with Gasteiger partial charge in [0.05, 0.1) is 0 Å². The summed E-state index contributed by atoms with van der Waals surface area (Å²) in [6.45, 7) is 2.31. The first-order valence-corrected chi connectivity index (χ1v) is 5.42. The lowest BCUT2D eigenvalue weighted by Crippen LogP contribution is -2.34. The molecule has 6 heteroatoms. The van der Waals surface area contributed by atoms with Gasteiger partial charge in [-0.15, -0.1) is 0 Å². The molecule has 0 aliphatic carbocycles. The van der Waals surface area contributed by atoms with Crippen molar-refractivity contribution in [2.45, 2.75) is 19.8 Å². The number of hydrogen-bond donors (Lipinski definition) is 3.